The molecule has 0 aliphatic heterocycles. The molecule has 0 saturated carbocycles. The van der Waals surface area contributed by atoms with Crippen LogP contribution >= 0.6 is 11.3 Å². The molecule has 0 amide bonds. The van der Waals surface area contributed by atoms with Gasteiger partial charge < -0.3 is 5.11 Å². The largest absolute Gasteiger partial charge is 0.478 e. The number of nitrogens with one attached hydrogen (secondary N) is 1. The summed E-state index contributed by atoms with van der Waals surface area (Å²) in [6, 6.07) is 1.42. The molecule has 0 unspecified atom stereocenters. The van der Waals surface area contributed by atoms with Crippen molar-refractivity contribution in [3.63, 3.8) is 0 Å². The molecule has 0 aliphatic carbocycles. The van der Waals surface area contributed by atoms with Crippen LogP contribution in [0.25, 0.3) is 10.3 Å². The van der Waals surface area contributed by atoms with Crippen molar-refractivity contribution in [3.8, 4) is 0 Å². The van der Waals surface area contributed by atoms with Crippen molar-refractivity contribution in [2.75, 3.05) is 0 Å². The third-order valence-electron chi connectivity index (χ3n) is 1.52. The maximum atomic E-state index is 10.8. The first kappa shape index (κ1) is 7.93. The normalized spacial score (nSPS) is 10.5. The lowest BCUT2D eigenvalue weighted by atomic mass is 10.3. The molecule has 66 valence electrons. The predicted molar refractivity (Wildman–Crippen MR) is 47.2 cm³/mol. The number of rotatable bonds is 1. The maximum absolute atomic E-state index is 10.8. The lowest BCUT2D eigenvalue weighted by Crippen LogP contribution is -1.96. The quantitative estimate of drug-likeness (QED) is 0.702. The van der Waals surface area contributed by atoms with Gasteiger partial charge in [0, 0.05) is 6.20 Å². The van der Waals surface area contributed by atoms with Crippen LogP contribution in [-0.4, -0.2) is 21.0 Å². The fourth-order valence-corrected chi connectivity index (χ4v) is 1.69. The molecule has 0 bridgehead atoms. The van der Waals surface area contributed by atoms with Gasteiger partial charge in [0.1, 0.15) is 0 Å². The van der Waals surface area contributed by atoms with Gasteiger partial charge in [-0.05, 0) is 6.07 Å². The van der Waals surface area contributed by atoms with Crippen LogP contribution in [0.4, 0.5) is 0 Å². The number of thiazole rings is 1. The predicted octanol–water partition coefficient (Wildman–Crippen LogP) is 0.683. The fraction of sp³-hybridized carbons (Fsp3) is 0. The van der Waals surface area contributed by atoms with Gasteiger partial charge in [-0.1, -0.05) is 11.3 Å². The molecule has 2 N–H and O–H groups in total. The van der Waals surface area contributed by atoms with Crippen molar-refractivity contribution >= 4 is 27.7 Å². The van der Waals surface area contributed by atoms with Crippen LogP contribution in [0.2, 0.25) is 0 Å². The number of carbonyl (C=O) groups is 1. The summed E-state index contributed by atoms with van der Waals surface area (Å²) in [5.41, 5.74) is 0.516. The van der Waals surface area contributed by atoms with E-state index in [9.17, 15) is 9.59 Å². The average molecular weight is 196 g/mol. The second-order valence-corrected chi connectivity index (χ2v) is 3.41. The summed E-state index contributed by atoms with van der Waals surface area (Å²) in [6.45, 7) is 0. The van der Waals surface area contributed by atoms with E-state index in [0.29, 0.717) is 10.3 Å². The highest BCUT2D eigenvalue weighted by atomic mass is 32.1. The number of nitrogens with zero attached hydrogens (tertiary/aromatic N) is 1. The van der Waals surface area contributed by atoms with Gasteiger partial charge >= 0.3 is 10.8 Å². The van der Waals surface area contributed by atoms with Gasteiger partial charge in [-0.3, -0.25) is 9.78 Å². The molecule has 2 aromatic heterocycles. The third-order valence-corrected chi connectivity index (χ3v) is 2.34. The zero-order valence-corrected chi connectivity index (χ0v) is 7.09. The fourth-order valence-electron chi connectivity index (χ4n) is 0.955. The molecule has 0 atom stereocenters. The Morgan fingerprint density at radius 3 is 3.08 bits per heavy atom. The van der Waals surface area contributed by atoms with E-state index in [1.807, 2.05) is 0 Å². The van der Waals surface area contributed by atoms with Crippen LogP contribution < -0.4 is 4.87 Å². The number of pyridine rings is 1. The molecular weight excluding hydrogens is 192 g/mol. The van der Waals surface area contributed by atoms with Crippen molar-refractivity contribution < 1.29 is 9.90 Å². The summed E-state index contributed by atoms with van der Waals surface area (Å²) in [6.07, 6.45) is 1.22. The minimum atomic E-state index is -1.05. The Labute approximate surface area is 75.7 Å². The highest BCUT2D eigenvalue weighted by Crippen LogP contribution is 2.13. The van der Waals surface area contributed by atoms with E-state index in [1.54, 1.807) is 0 Å². The Bertz CT molecular complexity index is 528. The van der Waals surface area contributed by atoms with Crippen molar-refractivity contribution in [1.29, 1.82) is 0 Å². The third kappa shape index (κ3) is 1.31. The van der Waals surface area contributed by atoms with Gasteiger partial charge in [-0.15, -0.1) is 0 Å². The second kappa shape index (κ2) is 2.67. The molecular formula is C7H4N2O3S. The average Bonchev–Trinajstić information content (AvgIpc) is 2.42. The SMILES string of the molecule is O=C(O)c1cnc2[nH]c(=O)sc2c1. The maximum Gasteiger partial charge on any atom is 0.337 e. The Morgan fingerprint density at radius 2 is 2.38 bits per heavy atom. The lowest BCUT2D eigenvalue weighted by molar-refractivity contribution is 0.0696. The second-order valence-electron chi connectivity index (χ2n) is 2.39. The first-order chi connectivity index (χ1) is 6.16. The number of carboxylic acids is 1. The van der Waals surface area contributed by atoms with Crippen LogP contribution in [0.1, 0.15) is 10.4 Å². The van der Waals surface area contributed by atoms with Crippen LogP contribution in [-0.2, 0) is 0 Å². The zero-order valence-electron chi connectivity index (χ0n) is 6.27. The van der Waals surface area contributed by atoms with Crippen LogP contribution in [0.5, 0.6) is 0 Å². The topological polar surface area (TPSA) is 83.0 Å². The molecule has 13 heavy (non-hydrogen) atoms. The van der Waals surface area contributed by atoms with Crippen LogP contribution in [0, 0.1) is 0 Å². The number of hydrogen-bond donors (Lipinski definition) is 2. The molecule has 5 nitrogen and oxygen atoms in total. The molecule has 0 aliphatic rings. The van der Waals surface area contributed by atoms with E-state index in [1.165, 1.54) is 12.3 Å². The van der Waals surface area contributed by atoms with Crippen molar-refractivity contribution in [1.82, 2.24) is 9.97 Å². The Balaban J connectivity index is 2.74. The number of fused-ring (bicyclic) bond motifs is 1. The molecule has 2 aromatic rings. The Hall–Kier alpha value is -1.69. The number of aromatic carboxylic acids is 1. The van der Waals surface area contributed by atoms with Crippen LogP contribution in [0.3, 0.4) is 0 Å². The molecule has 2 rings (SSSR count). The van der Waals surface area contributed by atoms with Crippen LogP contribution in [0.15, 0.2) is 17.1 Å². The summed E-state index contributed by atoms with van der Waals surface area (Å²) in [5, 5.41) is 8.63. The van der Waals surface area contributed by atoms with Gasteiger partial charge in [-0.2, -0.15) is 0 Å². The molecule has 0 radical (unpaired) electrons. The molecule has 0 fully saturated rings. The molecule has 0 spiro atoms. The number of hydrogen-bond acceptors (Lipinski definition) is 4. The number of carboxylic acid groups (broad SMARTS) is 1. The van der Waals surface area contributed by atoms with E-state index in [4.69, 9.17) is 5.11 Å². The van der Waals surface area contributed by atoms with Crippen molar-refractivity contribution in [2.24, 2.45) is 0 Å². The number of aromatic amines is 1. The molecule has 0 saturated heterocycles. The Morgan fingerprint density at radius 1 is 1.62 bits per heavy atom. The van der Waals surface area contributed by atoms with E-state index < -0.39 is 5.97 Å². The highest BCUT2D eigenvalue weighted by Gasteiger charge is 2.06. The van der Waals surface area contributed by atoms with Gasteiger partial charge in [0.25, 0.3) is 0 Å². The lowest BCUT2D eigenvalue weighted by Gasteiger charge is -1.91. The summed E-state index contributed by atoms with van der Waals surface area (Å²) in [5.74, 6) is -1.05. The van der Waals surface area contributed by atoms with Gasteiger partial charge in [0.15, 0.2) is 5.65 Å². The standard InChI is InChI=1S/C7H4N2O3S/c10-6(11)3-1-4-5(8-2-3)9-7(12)13-4/h1-2H,(H,10,11)(H,8,9,12). The first-order valence-electron chi connectivity index (χ1n) is 3.39. The highest BCUT2D eigenvalue weighted by molar-refractivity contribution is 7.16. The zero-order chi connectivity index (χ0) is 9.42. The monoisotopic (exact) mass is 196 g/mol. The first-order valence-corrected chi connectivity index (χ1v) is 4.20. The molecule has 2 heterocycles. The molecule has 0 aromatic carbocycles. The van der Waals surface area contributed by atoms with E-state index in [2.05, 4.69) is 9.97 Å². The number of aromatic nitrogens is 2. The summed E-state index contributed by atoms with van der Waals surface area (Å²) < 4.78 is 0.560. The van der Waals surface area contributed by atoms with Gasteiger partial charge in [-0.25, -0.2) is 9.78 Å². The summed E-state index contributed by atoms with van der Waals surface area (Å²) in [7, 11) is 0. The number of H-pyrrole nitrogens is 1. The van der Waals surface area contributed by atoms with Gasteiger partial charge in [0.05, 0.1) is 10.3 Å². The van der Waals surface area contributed by atoms with E-state index >= 15 is 0 Å². The van der Waals surface area contributed by atoms with E-state index in [0.717, 1.165) is 11.3 Å². The van der Waals surface area contributed by atoms with Gasteiger partial charge in [0.2, 0.25) is 0 Å². The van der Waals surface area contributed by atoms with Crippen molar-refractivity contribution in [3.05, 3.63) is 27.5 Å². The Kier molecular flexibility index (Phi) is 1.63. The smallest absolute Gasteiger partial charge is 0.337 e. The summed E-state index contributed by atoms with van der Waals surface area (Å²) >= 11 is 0.947. The summed E-state index contributed by atoms with van der Waals surface area (Å²) in [4.78, 5) is 27.4. The minimum absolute atomic E-state index is 0.0859. The van der Waals surface area contributed by atoms with Crippen molar-refractivity contribution in [2.45, 2.75) is 0 Å². The minimum Gasteiger partial charge on any atom is -0.478 e. The van der Waals surface area contributed by atoms with E-state index in [-0.39, 0.29) is 10.4 Å². The molecule has 6 heteroatoms.